The van der Waals surface area contributed by atoms with Crippen molar-refractivity contribution < 1.29 is 0 Å². The van der Waals surface area contributed by atoms with Gasteiger partial charge in [-0.2, -0.15) is 0 Å². The lowest BCUT2D eigenvalue weighted by Crippen LogP contribution is -2.21. The Kier molecular flexibility index (Phi) is 4.92. The van der Waals surface area contributed by atoms with Gasteiger partial charge in [0.15, 0.2) is 0 Å². The van der Waals surface area contributed by atoms with Crippen LogP contribution in [0.4, 0.5) is 5.82 Å². The van der Waals surface area contributed by atoms with E-state index in [4.69, 9.17) is 0 Å². The molecule has 0 unspecified atom stereocenters. The Morgan fingerprint density at radius 3 is 2.29 bits per heavy atom. The van der Waals surface area contributed by atoms with Gasteiger partial charge in [-0.15, -0.1) is 0 Å². The number of nitrogens with zero attached hydrogens (tertiary/aromatic N) is 2. The monoisotopic (exact) mass is 299 g/mol. The first-order valence-corrected chi connectivity index (χ1v) is 6.97. The Morgan fingerprint density at radius 1 is 1.24 bits per heavy atom. The van der Waals surface area contributed by atoms with E-state index in [-0.39, 0.29) is 5.41 Å². The van der Waals surface area contributed by atoms with E-state index < -0.39 is 0 Å². The number of rotatable bonds is 4. The van der Waals surface area contributed by atoms with Gasteiger partial charge in [0.05, 0.1) is 0 Å². The third kappa shape index (κ3) is 4.26. The summed E-state index contributed by atoms with van der Waals surface area (Å²) in [6, 6.07) is 2.41. The maximum Gasteiger partial charge on any atom is 0.137 e. The van der Waals surface area contributed by atoms with Crippen LogP contribution >= 0.6 is 15.9 Å². The van der Waals surface area contributed by atoms with Gasteiger partial charge in [-0.05, 0) is 28.8 Å². The van der Waals surface area contributed by atoms with Crippen molar-refractivity contribution in [3.63, 3.8) is 0 Å². The molecule has 1 heterocycles. The fraction of sp³-hybridized carbons (Fsp3) is 0.692. The first-order valence-electron chi connectivity index (χ1n) is 6.18. The maximum absolute atomic E-state index is 4.59. The highest BCUT2D eigenvalue weighted by Gasteiger charge is 2.19. The van der Waals surface area contributed by atoms with Gasteiger partial charge >= 0.3 is 0 Å². The van der Waals surface area contributed by atoms with Crippen LogP contribution in [0.1, 0.15) is 53.3 Å². The van der Waals surface area contributed by atoms with Crippen LogP contribution in [0.5, 0.6) is 0 Å². The minimum Gasteiger partial charge on any atom is -0.367 e. The van der Waals surface area contributed by atoms with Gasteiger partial charge < -0.3 is 5.32 Å². The summed E-state index contributed by atoms with van der Waals surface area (Å²) in [6.07, 6.45) is 2.20. The zero-order chi connectivity index (χ0) is 13.1. The van der Waals surface area contributed by atoms with Crippen LogP contribution in [-0.4, -0.2) is 16.0 Å². The van der Waals surface area contributed by atoms with Crippen LogP contribution in [0.3, 0.4) is 0 Å². The molecule has 4 heteroatoms. The minimum absolute atomic E-state index is 0.0336. The number of anilines is 1. The van der Waals surface area contributed by atoms with Gasteiger partial charge in [0.1, 0.15) is 16.2 Å². The summed E-state index contributed by atoms with van der Waals surface area (Å²) in [4.78, 5) is 9.02. The maximum atomic E-state index is 4.59. The topological polar surface area (TPSA) is 37.8 Å². The highest BCUT2D eigenvalue weighted by Crippen LogP contribution is 2.23. The first-order chi connectivity index (χ1) is 7.86. The fourth-order valence-corrected chi connectivity index (χ4v) is 1.91. The lowest BCUT2D eigenvalue weighted by Gasteiger charge is -2.20. The molecule has 1 aromatic rings. The highest BCUT2D eigenvalue weighted by molar-refractivity contribution is 9.10. The third-order valence-corrected chi connectivity index (χ3v) is 3.11. The number of halogens is 1. The molecule has 1 rings (SSSR count). The zero-order valence-electron chi connectivity index (χ0n) is 11.3. The van der Waals surface area contributed by atoms with Crippen molar-refractivity contribution >= 4 is 21.7 Å². The van der Waals surface area contributed by atoms with Gasteiger partial charge in [0, 0.05) is 17.5 Å². The molecule has 3 nitrogen and oxygen atoms in total. The summed E-state index contributed by atoms with van der Waals surface area (Å²) in [5.74, 6) is 1.77. The Bertz CT molecular complexity index is 367. The predicted octanol–water partition coefficient (Wildman–Crippen LogP) is 4.14. The largest absolute Gasteiger partial charge is 0.367 e. The molecule has 1 aromatic heterocycles. The minimum atomic E-state index is -0.0336. The van der Waals surface area contributed by atoms with E-state index in [2.05, 4.69) is 65.8 Å². The number of nitrogens with one attached hydrogen (secondary N) is 1. The second kappa shape index (κ2) is 5.80. The second-order valence-corrected chi connectivity index (χ2v) is 6.12. The van der Waals surface area contributed by atoms with Crippen molar-refractivity contribution in [2.45, 2.75) is 58.9 Å². The predicted molar refractivity (Wildman–Crippen MR) is 76.4 cm³/mol. The Balaban J connectivity index is 2.97. The molecule has 1 N–H and O–H groups in total. The summed E-state index contributed by atoms with van der Waals surface area (Å²) in [5.41, 5.74) is -0.0336. The molecule has 0 atom stereocenters. The summed E-state index contributed by atoms with van der Waals surface area (Å²) < 4.78 is 0.839. The lowest BCUT2D eigenvalue weighted by molar-refractivity contribution is 0.543. The normalized spacial score (nSPS) is 11.9. The van der Waals surface area contributed by atoms with Crippen LogP contribution in [-0.2, 0) is 5.41 Å². The Morgan fingerprint density at radius 2 is 1.82 bits per heavy atom. The smallest absolute Gasteiger partial charge is 0.137 e. The van der Waals surface area contributed by atoms with Gasteiger partial charge in [-0.1, -0.05) is 34.6 Å². The van der Waals surface area contributed by atoms with Gasteiger partial charge in [0.2, 0.25) is 0 Å². The molecule has 0 aromatic carbocycles. The molecule has 0 aliphatic heterocycles. The van der Waals surface area contributed by atoms with Gasteiger partial charge in [-0.3, -0.25) is 0 Å². The van der Waals surface area contributed by atoms with Crippen molar-refractivity contribution in [3.8, 4) is 0 Å². The van der Waals surface area contributed by atoms with Crippen molar-refractivity contribution in [3.05, 3.63) is 16.5 Å². The van der Waals surface area contributed by atoms with Gasteiger partial charge in [-0.25, -0.2) is 9.97 Å². The van der Waals surface area contributed by atoms with E-state index >= 15 is 0 Å². The molecular formula is C13H22BrN3. The van der Waals surface area contributed by atoms with Crippen LogP contribution in [0.25, 0.3) is 0 Å². The molecule has 17 heavy (non-hydrogen) atoms. The van der Waals surface area contributed by atoms with Crippen LogP contribution in [0, 0.1) is 0 Å². The molecule has 96 valence electrons. The van der Waals surface area contributed by atoms with E-state index in [1.54, 1.807) is 0 Å². The molecule has 0 saturated carbocycles. The summed E-state index contributed by atoms with van der Waals surface area (Å²) in [7, 11) is 0. The SMILES string of the molecule is CCC(CC)Nc1cc(Br)nc(C(C)(C)C)n1. The summed E-state index contributed by atoms with van der Waals surface area (Å²) in [6.45, 7) is 10.7. The Hall–Kier alpha value is -0.640. The number of hydrogen-bond donors (Lipinski definition) is 1. The third-order valence-electron chi connectivity index (χ3n) is 2.70. The number of hydrogen-bond acceptors (Lipinski definition) is 3. The van der Waals surface area contributed by atoms with Crippen LogP contribution in [0.2, 0.25) is 0 Å². The van der Waals surface area contributed by atoms with E-state index in [1.165, 1.54) is 0 Å². The lowest BCUT2D eigenvalue weighted by atomic mass is 9.96. The van der Waals surface area contributed by atoms with Crippen LogP contribution < -0.4 is 5.32 Å². The zero-order valence-corrected chi connectivity index (χ0v) is 12.9. The van der Waals surface area contributed by atoms with Crippen molar-refractivity contribution in [2.24, 2.45) is 0 Å². The van der Waals surface area contributed by atoms with Crippen molar-refractivity contribution in [2.75, 3.05) is 5.32 Å². The van der Waals surface area contributed by atoms with Crippen LogP contribution in [0.15, 0.2) is 10.7 Å². The molecule has 0 fully saturated rings. The summed E-state index contributed by atoms with van der Waals surface area (Å²) >= 11 is 3.45. The first kappa shape index (κ1) is 14.4. The average Bonchev–Trinajstić information content (AvgIpc) is 2.24. The van der Waals surface area contributed by atoms with E-state index in [0.717, 1.165) is 29.1 Å². The van der Waals surface area contributed by atoms with Crippen molar-refractivity contribution in [1.29, 1.82) is 0 Å². The Labute approximate surface area is 113 Å². The van der Waals surface area contributed by atoms with Crippen molar-refractivity contribution in [1.82, 2.24) is 9.97 Å². The molecule has 0 bridgehead atoms. The second-order valence-electron chi connectivity index (χ2n) is 5.31. The molecule has 0 aliphatic rings. The van der Waals surface area contributed by atoms with E-state index in [1.807, 2.05) is 6.07 Å². The summed E-state index contributed by atoms with van der Waals surface area (Å²) in [5, 5.41) is 3.45. The average molecular weight is 300 g/mol. The standard InChI is InChI=1S/C13H22BrN3/c1-6-9(7-2)15-11-8-10(14)16-12(17-11)13(3,4)5/h8-9H,6-7H2,1-5H3,(H,15,16,17). The molecule has 0 amide bonds. The quantitative estimate of drug-likeness (QED) is 0.849. The molecular weight excluding hydrogens is 278 g/mol. The fourth-order valence-electron chi connectivity index (χ4n) is 1.53. The van der Waals surface area contributed by atoms with Gasteiger partial charge in [0.25, 0.3) is 0 Å². The molecule has 0 saturated heterocycles. The molecule has 0 spiro atoms. The van der Waals surface area contributed by atoms with E-state index in [9.17, 15) is 0 Å². The molecule has 0 aliphatic carbocycles. The van der Waals surface area contributed by atoms with E-state index in [0.29, 0.717) is 6.04 Å². The highest BCUT2D eigenvalue weighted by atomic mass is 79.9. The molecule has 0 radical (unpaired) electrons. The number of aromatic nitrogens is 2.